The predicted molar refractivity (Wildman–Crippen MR) is 67.4 cm³/mol. The maximum absolute atomic E-state index is 10.9. The van der Waals surface area contributed by atoms with Crippen LogP contribution in [0.1, 0.15) is 59.3 Å². The topological polar surface area (TPSA) is 23.5 Å². The summed E-state index contributed by atoms with van der Waals surface area (Å²) in [4.78, 5) is 2.53. The molecular formula is C14H27NO. The van der Waals surface area contributed by atoms with Gasteiger partial charge >= 0.3 is 0 Å². The fraction of sp³-hybridized carbons (Fsp3) is 1.00. The zero-order valence-electron chi connectivity index (χ0n) is 11.3. The average Bonchev–Trinajstić information content (AvgIpc) is 2.26. The summed E-state index contributed by atoms with van der Waals surface area (Å²) in [6, 6.07) is 0.504. The molecule has 1 aliphatic heterocycles. The lowest BCUT2D eigenvalue weighted by molar-refractivity contribution is -0.166. The van der Waals surface area contributed by atoms with E-state index in [0.29, 0.717) is 12.0 Å². The van der Waals surface area contributed by atoms with Gasteiger partial charge in [0.05, 0.1) is 5.60 Å². The molecule has 1 saturated heterocycles. The number of nitrogens with zero attached hydrogens (tertiary/aromatic N) is 1. The van der Waals surface area contributed by atoms with Crippen molar-refractivity contribution in [3.05, 3.63) is 0 Å². The summed E-state index contributed by atoms with van der Waals surface area (Å²) in [5, 5.41) is 10.9. The van der Waals surface area contributed by atoms with Gasteiger partial charge in [0, 0.05) is 17.5 Å². The number of fused-ring (bicyclic) bond motifs is 1. The molecule has 2 fully saturated rings. The van der Waals surface area contributed by atoms with Gasteiger partial charge < -0.3 is 5.11 Å². The predicted octanol–water partition coefficient (Wildman–Crippen LogP) is 2.80. The fourth-order valence-corrected chi connectivity index (χ4v) is 4.27. The second kappa shape index (κ2) is 3.99. The lowest BCUT2D eigenvalue weighted by atomic mass is 9.60. The number of rotatable bonds is 1. The summed E-state index contributed by atoms with van der Waals surface area (Å²) in [6.07, 6.45) is 6.93. The lowest BCUT2D eigenvalue weighted by Gasteiger charge is -2.60. The Balaban J connectivity index is 2.34. The third kappa shape index (κ3) is 1.62. The molecule has 94 valence electrons. The zero-order chi connectivity index (χ0) is 12.0. The minimum atomic E-state index is -0.416. The molecule has 1 N–H and O–H groups in total. The first-order chi connectivity index (χ1) is 7.44. The number of hydrogen-bond acceptors (Lipinski definition) is 2. The molecule has 4 atom stereocenters. The molecule has 0 spiro atoms. The van der Waals surface area contributed by atoms with Crippen LogP contribution < -0.4 is 0 Å². The van der Waals surface area contributed by atoms with Crippen LogP contribution in [0.4, 0.5) is 0 Å². The molecule has 0 amide bonds. The molecular weight excluding hydrogens is 198 g/mol. The van der Waals surface area contributed by atoms with Crippen molar-refractivity contribution in [2.45, 2.75) is 76.5 Å². The number of piperidine rings is 1. The molecule has 0 aromatic rings. The maximum atomic E-state index is 10.9. The molecule has 2 rings (SSSR count). The van der Waals surface area contributed by atoms with Crippen molar-refractivity contribution in [1.29, 1.82) is 0 Å². The van der Waals surface area contributed by atoms with Gasteiger partial charge in [-0.25, -0.2) is 0 Å². The van der Waals surface area contributed by atoms with E-state index in [2.05, 4.69) is 32.7 Å². The van der Waals surface area contributed by atoms with Crippen molar-refractivity contribution in [2.24, 2.45) is 5.92 Å². The van der Waals surface area contributed by atoms with E-state index >= 15 is 0 Å². The second-order valence-corrected chi connectivity index (χ2v) is 6.28. The van der Waals surface area contributed by atoms with Gasteiger partial charge in [-0.3, -0.25) is 4.90 Å². The first-order valence-electron chi connectivity index (χ1n) is 6.89. The van der Waals surface area contributed by atoms with Crippen LogP contribution in [-0.4, -0.2) is 34.2 Å². The van der Waals surface area contributed by atoms with Crippen LogP contribution in [0.3, 0.4) is 0 Å². The molecule has 2 heteroatoms. The molecule has 2 nitrogen and oxygen atoms in total. The highest BCUT2D eigenvalue weighted by molar-refractivity contribution is 5.09. The molecule has 0 bridgehead atoms. The maximum Gasteiger partial charge on any atom is 0.0705 e. The summed E-state index contributed by atoms with van der Waals surface area (Å²) >= 11 is 0. The lowest BCUT2D eigenvalue weighted by Crippen LogP contribution is -2.67. The summed E-state index contributed by atoms with van der Waals surface area (Å²) in [5.74, 6) is 0.472. The molecule has 2 aliphatic rings. The highest BCUT2D eigenvalue weighted by atomic mass is 16.3. The Morgan fingerprint density at radius 3 is 2.69 bits per heavy atom. The average molecular weight is 225 g/mol. The minimum absolute atomic E-state index is 0.223. The quantitative estimate of drug-likeness (QED) is 0.742. The fourth-order valence-electron chi connectivity index (χ4n) is 4.27. The number of likely N-dealkylation sites (tertiary alicyclic amines) is 1. The van der Waals surface area contributed by atoms with Crippen molar-refractivity contribution >= 4 is 0 Å². The van der Waals surface area contributed by atoms with E-state index in [-0.39, 0.29) is 5.54 Å². The van der Waals surface area contributed by atoms with E-state index in [1.807, 2.05) is 0 Å². The Morgan fingerprint density at radius 2 is 2.06 bits per heavy atom. The van der Waals surface area contributed by atoms with Gasteiger partial charge in [0.25, 0.3) is 0 Å². The van der Waals surface area contributed by atoms with Gasteiger partial charge in [0.15, 0.2) is 0 Å². The number of aliphatic hydroxyl groups is 1. The Bertz CT molecular complexity index is 267. The summed E-state index contributed by atoms with van der Waals surface area (Å²) in [7, 11) is 2.25. The molecule has 1 heterocycles. The monoisotopic (exact) mass is 225 g/mol. The van der Waals surface area contributed by atoms with E-state index in [4.69, 9.17) is 0 Å². The van der Waals surface area contributed by atoms with Gasteiger partial charge in [0.1, 0.15) is 0 Å². The van der Waals surface area contributed by atoms with Gasteiger partial charge in [-0.1, -0.05) is 19.8 Å². The summed E-state index contributed by atoms with van der Waals surface area (Å²) in [5.41, 5.74) is -0.193. The van der Waals surface area contributed by atoms with Gasteiger partial charge in [0.2, 0.25) is 0 Å². The third-order valence-corrected chi connectivity index (χ3v) is 5.55. The molecule has 1 saturated carbocycles. The van der Waals surface area contributed by atoms with E-state index in [1.54, 1.807) is 0 Å². The van der Waals surface area contributed by atoms with E-state index in [0.717, 1.165) is 12.8 Å². The molecule has 0 aromatic heterocycles. The highest BCUT2D eigenvalue weighted by Crippen LogP contribution is 2.50. The Hall–Kier alpha value is -0.0800. The smallest absolute Gasteiger partial charge is 0.0705 e. The third-order valence-electron chi connectivity index (χ3n) is 5.55. The summed E-state index contributed by atoms with van der Waals surface area (Å²) in [6.45, 7) is 6.77. The Morgan fingerprint density at radius 1 is 1.38 bits per heavy atom. The first-order valence-corrected chi connectivity index (χ1v) is 6.89. The molecule has 4 unspecified atom stereocenters. The molecule has 16 heavy (non-hydrogen) atoms. The largest absolute Gasteiger partial charge is 0.389 e. The van der Waals surface area contributed by atoms with E-state index in [1.165, 1.54) is 25.7 Å². The van der Waals surface area contributed by atoms with Crippen LogP contribution >= 0.6 is 0 Å². The summed E-state index contributed by atoms with van der Waals surface area (Å²) < 4.78 is 0. The van der Waals surface area contributed by atoms with E-state index < -0.39 is 5.60 Å². The number of hydrogen-bond donors (Lipinski definition) is 1. The SMILES string of the molecule is CCC1(O)CC(C)N(C)C2(C)CCCCC12. The highest BCUT2D eigenvalue weighted by Gasteiger charge is 2.54. The van der Waals surface area contributed by atoms with Crippen molar-refractivity contribution in [1.82, 2.24) is 4.90 Å². The standard InChI is InChI=1S/C14H27NO/c1-5-14(16)10-11(2)15(4)13(3)9-7-6-8-12(13)14/h11-12,16H,5-10H2,1-4H3. The van der Waals surface area contributed by atoms with Crippen LogP contribution in [0.15, 0.2) is 0 Å². The Kier molecular flexibility index (Phi) is 3.09. The zero-order valence-corrected chi connectivity index (χ0v) is 11.3. The minimum Gasteiger partial charge on any atom is -0.389 e. The Labute approximate surface area is 100 Å². The van der Waals surface area contributed by atoms with Gasteiger partial charge in [-0.2, -0.15) is 0 Å². The van der Waals surface area contributed by atoms with Crippen LogP contribution in [0.5, 0.6) is 0 Å². The molecule has 0 aromatic carbocycles. The van der Waals surface area contributed by atoms with Crippen LogP contribution in [0.2, 0.25) is 0 Å². The van der Waals surface area contributed by atoms with Gasteiger partial charge in [-0.05, 0) is 46.6 Å². The van der Waals surface area contributed by atoms with E-state index in [9.17, 15) is 5.11 Å². The molecule has 1 aliphatic carbocycles. The normalized spacial score (nSPS) is 50.1. The van der Waals surface area contributed by atoms with Crippen molar-refractivity contribution in [3.63, 3.8) is 0 Å². The van der Waals surface area contributed by atoms with Gasteiger partial charge in [-0.15, -0.1) is 0 Å². The second-order valence-electron chi connectivity index (χ2n) is 6.28. The first kappa shape index (κ1) is 12.4. The van der Waals surface area contributed by atoms with Crippen LogP contribution in [-0.2, 0) is 0 Å². The van der Waals surface area contributed by atoms with Crippen LogP contribution in [0, 0.1) is 5.92 Å². The van der Waals surface area contributed by atoms with Crippen molar-refractivity contribution in [3.8, 4) is 0 Å². The molecule has 0 radical (unpaired) electrons. The van der Waals surface area contributed by atoms with Crippen molar-refractivity contribution < 1.29 is 5.11 Å². The van der Waals surface area contributed by atoms with Crippen molar-refractivity contribution in [2.75, 3.05) is 7.05 Å². The van der Waals surface area contributed by atoms with Crippen LogP contribution in [0.25, 0.3) is 0 Å².